The fourth-order valence-corrected chi connectivity index (χ4v) is 11.5. The average Bonchev–Trinajstić information content (AvgIpc) is 3.97. The van der Waals surface area contributed by atoms with Gasteiger partial charge in [0.2, 0.25) is 23.6 Å². The Bertz CT molecular complexity index is 1640. The molecule has 11 heteroatoms. The predicted octanol–water partition coefficient (Wildman–Crippen LogP) is 5.40. The number of methoxy groups -OCH3 is 1. The molecule has 5 atom stereocenters. The Hall–Kier alpha value is -3.47. The Labute approximate surface area is 335 Å². The normalized spacial score (nSPS) is 25.4. The third-order valence-corrected chi connectivity index (χ3v) is 15.3. The number of ether oxygens (including phenoxy) is 1. The van der Waals surface area contributed by atoms with Crippen LogP contribution in [0.3, 0.4) is 0 Å². The maximum Gasteiger partial charge on any atom is 0.328 e. The van der Waals surface area contributed by atoms with Gasteiger partial charge in [0.15, 0.2) is 0 Å². The molecule has 0 radical (unpaired) electrons. The van der Waals surface area contributed by atoms with Gasteiger partial charge >= 0.3 is 5.97 Å². The molecular formula is C45H69N5O6. The molecule has 1 saturated heterocycles. The summed E-state index contributed by atoms with van der Waals surface area (Å²) in [4.78, 5) is 74.2. The van der Waals surface area contributed by atoms with Crippen LogP contribution in [0.5, 0.6) is 0 Å². The van der Waals surface area contributed by atoms with Crippen molar-refractivity contribution in [3.63, 3.8) is 0 Å². The second-order valence-electron chi connectivity index (χ2n) is 19.2. The van der Waals surface area contributed by atoms with Gasteiger partial charge in [-0.05, 0) is 107 Å². The van der Waals surface area contributed by atoms with Crippen LogP contribution in [-0.2, 0) is 35.1 Å². The number of nitrogens with one attached hydrogen (secondary N) is 3. The van der Waals surface area contributed by atoms with Gasteiger partial charge in [0.05, 0.1) is 18.6 Å². The zero-order chi connectivity index (χ0) is 40.8. The van der Waals surface area contributed by atoms with Crippen LogP contribution in [0.15, 0.2) is 30.3 Å². The first-order chi connectivity index (χ1) is 26.5. The molecule has 56 heavy (non-hydrogen) atoms. The number of benzene rings is 1. The molecule has 4 aliphatic carbocycles. The van der Waals surface area contributed by atoms with Crippen LogP contribution in [0.1, 0.15) is 124 Å². The van der Waals surface area contributed by atoms with Crippen molar-refractivity contribution in [1.82, 2.24) is 25.8 Å². The van der Waals surface area contributed by atoms with Crippen molar-refractivity contribution in [2.75, 3.05) is 27.7 Å². The van der Waals surface area contributed by atoms with Gasteiger partial charge in [-0.2, -0.15) is 0 Å². The Kier molecular flexibility index (Phi) is 11.8. The number of likely N-dealkylation sites (tertiary alicyclic amines) is 1. The van der Waals surface area contributed by atoms with E-state index in [0.29, 0.717) is 19.4 Å². The van der Waals surface area contributed by atoms with E-state index in [1.807, 2.05) is 70.0 Å². The number of hydrogen-bond donors (Lipinski definition) is 3. The van der Waals surface area contributed by atoms with E-state index >= 15 is 0 Å². The van der Waals surface area contributed by atoms with Gasteiger partial charge in [0, 0.05) is 48.8 Å². The number of nitrogens with zero attached hydrogens (tertiary/aromatic N) is 2. The van der Waals surface area contributed by atoms with Crippen molar-refractivity contribution in [1.29, 1.82) is 0 Å². The summed E-state index contributed by atoms with van der Waals surface area (Å²) in [6.45, 7) is 13.0. The minimum absolute atomic E-state index is 0.0454. The topological polar surface area (TPSA) is 137 Å². The zero-order valence-corrected chi connectivity index (χ0v) is 35.6. The van der Waals surface area contributed by atoms with Gasteiger partial charge in [0.1, 0.15) is 12.1 Å². The molecule has 1 aliphatic heterocycles. The molecule has 5 fully saturated rings. The van der Waals surface area contributed by atoms with Gasteiger partial charge in [-0.15, -0.1) is 0 Å². The molecule has 6 rings (SSSR count). The standard InChI is InChI=1S/C45H69N5O6/c1-10-42(18-19-42)39(49(8)37(53)35(30(4)5)48-36(52)34(46-7)29(2)3)43(20-21-43)28-33(51)50-26-14-17-41(50,6)45(24-25-45)44(22-23-44)40(55)47-32(38(54)56-9)27-31-15-12-11-13-16-31/h11-13,15-16,29-30,32,34-35,39,46H,10,14,17-28H2,1-9H3,(H,47,55)(H,48,52)/t32-,34-,35-,39-,41?/m0/s1. The van der Waals surface area contributed by atoms with E-state index in [1.54, 1.807) is 7.05 Å². The van der Waals surface area contributed by atoms with E-state index in [-0.39, 0.29) is 57.8 Å². The summed E-state index contributed by atoms with van der Waals surface area (Å²) in [5, 5.41) is 9.33. The summed E-state index contributed by atoms with van der Waals surface area (Å²) >= 11 is 0. The molecule has 3 N–H and O–H groups in total. The van der Waals surface area contributed by atoms with Crippen molar-refractivity contribution in [2.45, 2.75) is 155 Å². The summed E-state index contributed by atoms with van der Waals surface area (Å²) in [5.74, 6) is -0.731. The number of esters is 1. The molecule has 11 nitrogen and oxygen atoms in total. The molecule has 1 unspecified atom stereocenters. The minimum Gasteiger partial charge on any atom is -0.467 e. The highest BCUT2D eigenvalue weighted by atomic mass is 16.5. The van der Waals surface area contributed by atoms with Crippen molar-refractivity contribution in [3.8, 4) is 0 Å². The van der Waals surface area contributed by atoms with Crippen LogP contribution in [0.4, 0.5) is 0 Å². The molecule has 0 bridgehead atoms. The Morgan fingerprint density at radius 2 is 1.45 bits per heavy atom. The first-order valence-corrected chi connectivity index (χ1v) is 21.5. The second kappa shape index (κ2) is 15.7. The third-order valence-electron chi connectivity index (χ3n) is 15.3. The lowest BCUT2D eigenvalue weighted by atomic mass is 9.68. The SMILES string of the molecule is CCC1([C@H](N(C)C(=O)[C@@H](NC(=O)[C@@H](NC)C(C)C)C(C)C)C2(CC(=O)N3CCCC3(C)C3(C4(C(=O)N[C@@H](Cc5ccccc5)C(=O)OC)CC4)CC3)CC2)CC1. The highest BCUT2D eigenvalue weighted by Gasteiger charge is 2.77. The van der Waals surface area contributed by atoms with Crippen LogP contribution in [0, 0.1) is 33.5 Å². The number of amides is 4. The van der Waals surface area contributed by atoms with Crippen molar-refractivity contribution in [3.05, 3.63) is 35.9 Å². The molecular weight excluding hydrogens is 707 g/mol. The van der Waals surface area contributed by atoms with Crippen molar-refractivity contribution < 1.29 is 28.7 Å². The van der Waals surface area contributed by atoms with Crippen molar-refractivity contribution in [2.24, 2.45) is 33.5 Å². The summed E-state index contributed by atoms with van der Waals surface area (Å²) in [5.41, 5.74) is -0.889. The van der Waals surface area contributed by atoms with Gasteiger partial charge in [-0.3, -0.25) is 19.2 Å². The number of rotatable bonds is 19. The van der Waals surface area contributed by atoms with E-state index in [4.69, 9.17) is 4.74 Å². The van der Waals surface area contributed by atoms with Crippen LogP contribution in [0.2, 0.25) is 0 Å². The molecule has 5 aliphatic rings. The summed E-state index contributed by atoms with van der Waals surface area (Å²) < 4.78 is 5.14. The quantitative estimate of drug-likeness (QED) is 0.160. The molecule has 4 saturated carbocycles. The molecule has 310 valence electrons. The van der Waals surface area contributed by atoms with Crippen LogP contribution in [-0.4, -0.2) is 96.9 Å². The monoisotopic (exact) mass is 776 g/mol. The summed E-state index contributed by atoms with van der Waals surface area (Å²) in [6, 6.07) is 7.69. The predicted molar refractivity (Wildman–Crippen MR) is 216 cm³/mol. The molecule has 1 aromatic rings. The molecule has 1 heterocycles. The van der Waals surface area contributed by atoms with Crippen LogP contribution < -0.4 is 16.0 Å². The number of hydrogen-bond acceptors (Lipinski definition) is 7. The van der Waals surface area contributed by atoms with E-state index < -0.39 is 35.0 Å². The molecule has 1 aromatic carbocycles. The van der Waals surface area contributed by atoms with E-state index in [2.05, 4.69) is 34.7 Å². The summed E-state index contributed by atoms with van der Waals surface area (Å²) in [6.07, 6.45) is 10.4. The van der Waals surface area contributed by atoms with Gasteiger partial charge in [-0.1, -0.05) is 65.0 Å². The lowest BCUT2D eigenvalue weighted by Crippen LogP contribution is -2.60. The molecule has 0 aromatic heterocycles. The van der Waals surface area contributed by atoms with Crippen LogP contribution in [0.25, 0.3) is 0 Å². The van der Waals surface area contributed by atoms with E-state index in [9.17, 15) is 24.0 Å². The maximum absolute atomic E-state index is 14.9. The fraction of sp³-hybridized carbons (Fsp3) is 0.756. The molecule has 4 amide bonds. The third kappa shape index (κ3) is 7.39. The first kappa shape index (κ1) is 42.1. The minimum atomic E-state index is -0.791. The molecule has 0 spiro atoms. The first-order valence-electron chi connectivity index (χ1n) is 21.5. The summed E-state index contributed by atoms with van der Waals surface area (Å²) in [7, 11) is 5.03. The maximum atomic E-state index is 14.9. The number of carbonyl (C=O) groups is 5. The van der Waals surface area contributed by atoms with Gasteiger partial charge < -0.3 is 30.5 Å². The second-order valence-corrected chi connectivity index (χ2v) is 19.2. The van der Waals surface area contributed by atoms with E-state index in [1.165, 1.54) is 7.11 Å². The number of likely N-dealkylation sites (N-methyl/N-ethyl adjacent to an activating group) is 2. The Morgan fingerprint density at radius 1 is 0.839 bits per heavy atom. The lowest BCUT2D eigenvalue weighted by Gasteiger charge is -2.48. The highest BCUT2D eigenvalue weighted by Crippen LogP contribution is 2.77. The van der Waals surface area contributed by atoms with E-state index in [0.717, 1.165) is 76.2 Å². The van der Waals surface area contributed by atoms with Gasteiger partial charge in [-0.25, -0.2) is 4.79 Å². The Morgan fingerprint density at radius 3 is 1.93 bits per heavy atom. The highest BCUT2D eigenvalue weighted by molar-refractivity contribution is 5.92. The number of carbonyl (C=O) groups excluding carboxylic acids is 5. The average molecular weight is 776 g/mol. The largest absolute Gasteiger partial charge is 0.467 e. The zero-order valence-electron chi connectivity index (χ0n) is 35.6. The van der Waals surface area contributed by atoms with Crippen molar-refractivity contribution >= 4 is 29.6 Å². The van der Waals surface area contributed by atoms with Gasteiger partial charge in [0.25, 0.3) is 0 Å². The lowest BCUT2D eigenvalue weighted by molar-refractivity contribution is -0.149. The fourth-order valence-electron chi connectivity index (χ4n) is 11.5. The van der Waals surface area contributed by atoms with Crippen LogP contribution >= 0.6 is 0 Å². The Balaban J connectivity index is 1.21. The smallest absolute Gasteiger partial charge is 0.328 e.